The molecule has 2 heteroatoms. The van der Waals surface area contributed by atoms with Gasteiger partial charge in [0.15, 0.2) is 0 Å². The molecule has 0 aromatic carbocycles. The van der Waals surface area contributed by atoms with Gasteiger partial charge in [0.1, 0.15) is 11.8 Å². The summed E-state index contributed by atoms with van der Waals surface area (Å²) in [6.45, 7) is 13.8. The highest BCUT2D eigenvalue weighted by molar-refractivity contribution is 5.11. The zero-order valence-corrected chi connectivity index (χ0v) is 13.2. The molecule has 1 aliphatic carbocycles. The van der Waals surface area contributed by atoms with Crippen molar-refractivity contribution in [3.63, 3.8) is 0 Å². The molecule has 1 saturated carbocycles. The average molecular weight is 272 g/mol. The molecule has 1 fully saturated rings. The summed E-state index contributed by atoms with van der Waals surface area (Å²) in [7, 11) is 0. The molecule has 1 rings (SSSR count). The van der Waals surface area contributed by atoms with Gasteiger partial charge in [0.2, 0.25) is 0 Å². The van der Waals surface area contributed by atoms with Crippen molar-refractivity contribution in [2.75, 3.05) is 0 Å². The number of allylic oxidation sites excluding steroid dienone is 1. The highest BCUT2D eigenvalue weighted by atomic mass is 19.1. The molecular weight excluding hydrogens is 242 g/mol. The maximum absolute atomic E-state index is 14.4. The van der Waals surface area contributed by atoms with Crippen LogP contribution in [0, 0.1) is 17.3 Å². The molecule has 0 radical (unpaired) electrons. The van der Waals surface area contributed by atoms with Crippen LogP contribution in [0.2, 0.25) is 0 Å². The van der Waals surface area contributed by atoms with E-state index in [-0.39, 0.29) is 0 Å². The lowest BCUT2D eigenvalue weighted by Gasteiger charge is -2.47. The van der Waals surface area contributed by atoms with Crippen LogP contribution in [0.25, 0.3) is 0 Å². The highest BCUT2D eigenvalue weighted by Crippen LogP contribution is 2.52. The Bertz CT molecular complexity index is 315. The minimum absolute atomic E-state index is 0.315. The lowest BCUT2D eigenvalue weighted by molar-refractivity contribution is -0.0346. The van der Waals surface area contributed by atoms with Gasteiger partial charge < -0.3 is 0 Å². The SMILES string of the molecule is C=C(C)[C@](C)(CC1CC(F)(CC(C)C)C1)C(F)CC. The van der Waals surface area contributed by atoms with Gasteiger partial charge >= 0.3 is 0 Å². The van der Waals surface area contributed by atoms with Crippen molar-refractivity contribution in [3.05, 3.63) is 12.2 Å². The van der Waals surface area contributed by atoms with Crippen LogP contribution < -0.4 is 0 Å². The van der Waals surface area contributed by atoms with Gasteiger partial charge in [-0.3, -0.25) is 0 Å². The Labute approximate surface area is 117 Å². The monoisotopic (exact) mass is 272 g/mol. The van der Waals surface area contributed by atoms with Gasteiger partial charge in [-0.1, -0.05) is 39.8 Å². The molecule has 0 saturated heterocycles. The van der Waals surface area contributed by atoms with Gasteiger partial charge in [-0.15, -0.1) is 0 Å². The first-order chi connectivity index (χ1) is 8.63. The summed E-state index contributed by atoms with van der Waals surface area (Å²) in [6.07, 6.45) is 2.21. The normalized spacial score (nSPS) is 31.7. The summed E-state index contributed by atoms with van der Waals surface area (Å²) in [5, 5.41) is 0. The van der Waals surface area contributed by atoms with Crippen molar-refractivity contribution in [1.82, 2.24) is 0 Å². The Morgan fingerprint density at radius 1 is 1.42 bits per heavy atom. The molecular formula is C17H30F2. The van der Waals surface area contributed by atoms with Crippen LogP contribution in [0.1, 0.15) is 66.7 Å². The zero-order valence-electron chi connectivity index (χ0n) is 13.2. The van der Waals surface area contributed by atoms with Gasteiger partial charge in [0.25, 0.3) is 0 Å². The predicted octanol–water partition coefficient (Wildman–Crippen LogP) is 5.87. The fourth-order valence-corrected chi connectivity index (χ4v) is 3.64. The fraction of sp³-hybridized carbons (Fsp3) is 0.882. The number of halogens is 2. The molecule has 0 heterocycles. The van der Waals surface area contributed by atoms with Crippen LogP contribution in [-0.4, -0.2) is 11.8 Å². The second-order valence-electron chi connectivity index (χ2n) is 7.30. The second kappa shape index (κ2) is 5.93. The van der Waals surface area contributed by atoms with E-state index in [1.165, 1.54) is 0 Å². The lowest BCUT2D eigenvalue weighted by atomic mass is 9.61. The summed E-state index contributed by atoms with van der Waals surface area (Å²) in [6, 6.07) is 0. The summed E-state index contributed by atoms with van der Waals surface area (Å²) >= 11 is 0. The molecule has 0 N–H and O–H groups in total. The van der Waals surface area contributed by atoms with Gasteiger partial charge in [-0.05, 0) is 50.9 Å². The summed E-state index contributed by atoms with van der Waals surface area (Å²) < 4.78 is 28.6. The maximum Gasteiger partial charge on any atom is 0.111 e. The number of hydrogen-bond acceptors (Lipinski definition) is 0. The number of hydrogen-bond donors (Lipinski definition) is 0. The van der Waals surface area contributed by atoms with E-state index < -0.39 is 17.3 Å². The van der Waals surface area contributed by atoms with Crippen LogP contribution in [0.4, 0.5) is 8.78 Å². The summed E-state index contributed by atoms with van der Waals surface area (Å²) in [5.74, 6) is 0.707. The average Bonchev–Trinajstić information content (AvgIpc) is 2.24. The molecule has 112 valence electrons. The fourth-order valence-electron chi connectivity index (χ4n) is 3.64. The standard InChI is InChI=1S/C17H30F2/c1-7-15(18)16(6,13(4)5)9-14-10-17(19,11-14)8-12(2)3/h12,14-15H,4,7-11H2,1-3,5-6H3/t14?,15?,16-,17?/m0/s1. The van der Waals surface area contributed by atoms with Gasteiger partial charge in [-0.25, -0.2) is 8.78 Å². The van der Waals surface area contributed by atoms with Gasteiger partial charge in [0, 0.05) is 5.41 Å². The van der Waals surface area contributed by atoms with E-state index in [0.29, 0.717) is 37.5 Å². The van der Waals surface area contributed by atoms with Crippen molar-refractivity contribution in [2.45, 2.75) is 78.6 Å². The number of rotatable bonds is 7. The Kier molecular flexibility index (Phi) is 5.20. The van der Waals surface area contributed by atoms with Crippen LogP contribution in [0.5, 0.6) is 0 Å². The third kappa shape index (κ3) is 3.79. The first-order valence-corrected chi connectivity index (χ1v) is 7.62. The zero-order chi connectivity index (χ0) is 14.8. The minimum atomic E-state index is -0.993. The molecule has 0 amide bonds. The molecule has 0 nitrogen and oxygen atoms in total. The molecule has 0 bridgehead atoms. The third-order valence-electron chi connectivity index (χ3n) is 4.82. The van der Waals surface area contributed by atoms with E-state index >= 15 is 0 Å². The van der Waals surface area contributed by atoms with Gasteiger partial charge in [0.05, 0.1) is 0 Å². The second-order valence-corrected chi connectivity index (χ2v) is 7.30. The van der Waals surface area contributed by atoms with Crippen LogP contribution in [0.3, 0.4) is 0 Å². The molecule has 0 aliphatic heterocycles. The molecule has 0 aromatic rings. The van der Waals surface area contributed by atoms with Crippen molar-refractivity contribution >= 4 is 0 Å². The van der Waals surface area contributed by atoms with E-state index in [1.807, 2.05) is 20.8 Å². The summed E-state index contributed by atoms with van der Waals surface area (Å²) in [5.41, 5.74) is -0.590. The van der Waals surface area contributed by atoms with E-state index in [0.717, 1.165) is 12.0 Å². The van der Waals surface area contributed by atoms with Crippen LogP contribution in [-0.2, 0) is 0 Å². The minimum Gasteiger partial charge on any atom is -0.247 e. The Balaban J connectivity index is 2.59. The van der Waals surface area contributed by atoms with Crippen LogP contribution in [0.15, 0.2) is 12.2 Å². The largest absolute Gasteiger partial charge is 0.247 e. The lowest BCUT2D eigenvalue weighted by Crippen LogP contribution is -2.44. The maximum atomic E-state index is 14.4. The topological polar surface area (TPSA) is 0 Å². The van der Waals surface area contributed by atoms with E-state index in [1.54, 1.807) is 0 Å². The smallest absolute Gasteiger partial charge is 0.111 e. The van der Waals surface area contributed by atoms with E-state index in [9.17, 15) is 8.78 Å². The highest BCUT2D eigenvalue weighted by Gasteiger charge is 2.48. The summed E-state index contributed by atoms with van der Waals surface area (Å²) in [4.78, 5) is 0. The van der Waals surface area contributed by atoms with Crippen molar-refractivity contribution in [3.8, 4) is 0 Å². The van der Waals surface area contributed by atoms with Crippen molar-refractivity contribution in [2.24, 2.45) is 17.3 Å². The molecule has 1 aliphatic rings. The van der Waals surface area contributed by atoms with E-state index in [4.69, 9.17) is 0 Å². The van der Waals surface area contributed by atoms with Crippen molar-refractivity contribution < 1.29 is 8.78 Å². The van der Waals surface area contributed by atoms with E-state index in [2.05, 4.69) is 20.4 Å². The Morgan fingerprint density at radius 3 is 2.32 bits per heavy atom. The van der Waals surface area contributed by atoms with Gasteiger partial charge in [-0.2, -0.15) is 0 Å². The molecule has 19 heavy (non-hydrogen) atoms. The number of alkyl halides is 2. The Hall–Kier alpha value is -0.400. The first kappa shape index (κ1) is 16.7. The molecule has 2 atom stereocenters. The first-order valence-electron chi connectivity index (χ1n) is 7.62. The van der Waals surface area contributed by atoms with Crippen molar-refractivity contribution in [1.29, 1.82) is 0 Å². The van der Waals surface area contributed by atoms with Crippen LogP contribution >= 0.6 is 0 Å². The molecule has 1 unspecified atom stereocenters. The predicted molar refractivity (Wildman–Crippen MR) is 78.7 cm³/mol. The molecule has 0 spiro atoms. The third-order valence-corrected chi connectivity index (χ3v) is 4.82. The quantitative estimate of drug-likeness (QED) is 0.508. The Morgan fingerprint density at radius 2 is 1.95 bits per heavy atom. The molecule has 0 aromatic heterocycles.